The van der Waals surface area contributed by atoms with Crippen LogP contribution in [0.2, 0.25) is 0 Å². The second-order valence-electron chi connectivity index (χ2n) is 3.01. The van der Waals surface area contributed by atoms with Crippen molar-refractivity contribution in [3.63, 3.8) is 0 Å². The highest BCUT2D eigenvalue weighted by Crippen LogP contribution is 2.23. The fourth-order valence-electron chi connectivity index (χ4n) is 1.14. The van der Waals surface area contributed by atoms with Gasteiger partial charge in [0.1, 0.15) is 18.1 Å². The molecule has 0 radical (unpaired) electrons. The zero-order valence-corrected chi connectivity index (χ0v) is 9.10. The van der Waals surface area contributed by atoms with Crippen LogP contribution in [0.25, 0.3) is 0 Å². The van der Waals surface area contributed by atoms with Crippen LogP contribution in [0.5, 0.6) is 11.5 Å². The highest BCUT2D eigenvalue weighted by Gasteiger charge is 2.02. The van der Waals surface area contributed by atoms with Gasteiger partial charge in [-0.25, -0.2) is 0 Å². The van der Waals surface area contributed by atoms with Gasteiger partial charge in [-0.2, -0.15) is 0 Å². The van der Waals surface area contributed by atoms with Crippen LogP contribution in [0.3, 0.4) is 0 Å². The molecule has 0 heterocycles. The van der Waals surface area contributed by atoms with E-state index < -0.39 is 0 Å². The molecule has 1 rings (SSSR count). The van der Waals surface area contributed by atoms with Crippen molar-refractivity contribution in [1.29, 1.82) is 0 Å². The summed E-state index contributed by atoms with van der Waals surface area (Å²) in [5, 5.41) is 9.05. The van der Waals surface area contributed by atoms with Crippen molar-refractivity contribution in [2.75, 3.05) is 20.5 Å². The summed E-state index contributed by atoms with van der Waals surface area (Å²) >= 11 is 0. The van der Waals surface area contributed by atoms with Gasteiger partial charge in [-0.15, -0.1) is 6.42 Å². The van der Waals surface area contributed by atoms with Crippen molar-refractivity contribution in [1.82, 2.24) is 0 Å². The predicted molar refractivity (Wildman–Crippen MR) is 59.2 cm³/mol. The maximum Gasteiger partial charge on any atom is 0.188 e. The molecule has 0 spiro atoms. The molecule has 1 N–H and O–H groups in total. The topological polar surface area (TPSA) is 47.9 Å². The molecular weight excluding hydrogens is 208 g/mol. The standard InChI is InChI=1S/C12H14O4/c1-3-4-15-11-5-10(8-13)6-12(7-11)16-9-14-2/h1,5-7,13H,4,8-9H2,2H3. The molecule has 1 aromatic carbocycles. The number of hydrogen-bond donors (Lipinski definition) is 1. The zero-order chi connectivity index (χ0) is 11.8. The van der Waals surface area contributed by atoms with E-state index in [1.165, 1.54) is 7.11 Å². The Morgan fingerprint density at radius 2 is 1.94 bits per heavy atom. The molecule has 0 amide bonds. The first-order chi connectivity index (χ1) is 7.80. The molecule has 0 aromatic heterocycles. The van der Waals surface area contributed by atoms with E-state index in [1.807, 2.05) is 0 Å². The zero-order valence-electron chi connectivity index (χ0n) is 9.10. The monoisotopic (exact) mass is 222 g/mol. The van der Waals surface area contributed by atoms with Gasteiger partial charge in [0.05, 0.1) is 6.61 Å². The molecule has 0 atom stereocenters. The summed E-state index contributed by atoms with van der Waals surface area (Å²) in [5.41, 5.74) is 0.695. The molecule has 0 saturated carbocycles. The number of aliphatic hydroxyl groups is 1. The summed E-state index contributed by atoms with van der Waals surface area (Å²) in [6.07, 6.45) is 5.09. The quantitative estimate of drug-likeness (QED) is 0.580. The lowest BCUT2D eigenvalue weighted by Gasteiger charge is -2.09. The Bertz CT molecular complexity index is 368. The van der Waals surface area contributed by atoms with E-state index in [0.717, 1.165) is 0 Å². The molecule has 0 unspecified atom stereocenters. The molecule has 0 aliphatic rings. The van der Waals surface area contributed by atoms with Crippen molar-refractivity contribution in [3.05, 3.63) is 23.8 Å². The van der Waals surface area contributed by atoms with Crippen LogP contribution in [-0.2, 0) is 11.3 Å². The van der Waals surface area contributed by atoms with E-state index in [9.17, 15) is 0 Å². The number of aliphatic hydroxyl groups excluding tert-OH is 1. The first kappa shape index (κ1) is 12.4. The van der Waals surface area contributed by atoms with Crippen LogP contribution in [0.4, 0.5) is 0 Å². The third-order valence-corrected chi connectivity index (χ3v) is 1.79. The Morgan fingerprint density at radius 1 is 1.25 bits per heavy atom. The highest BCUT2D eigenvalue weighted by molar-refractivity contribution is 5.38. The van der Waals surface area contributed by atoms with E-state index in [4.69, 9.17) is 25.7 Å². The number of ether oxygens (including phenoxy) is 3. The van der Waals surface area contributed by atoms with Crippen LogP contribution in [0, 0.1) is 12.3 Å². The second kappa shape index (κ2) is 6.72. The third-order valence-electron chi connectivity index (χ3n) is 1.79. The van der Waals surface area contributed by atoms with E-state index in [2.05, 4.69) is 5.92 Å². The van der Waals surface area contributed by atoms with Gasteiger partial charge < -0.3 is 19.3 Å². The molecule has 0 saturated heterocycles. The Morgan fingerprint density at radius 3 is 2.50 bits per heavy atom. The smallest absolute Gasteiger partial charge is 0.188 e. The summed E-state index contributed by atoms with van der Waals surface area (Å²) in [4.78, 5) is 0. The summed E-state index contributed by atoms with van der Waals surface area (Å²) in [6.45, 7) is 0.235. The third kappa shape index (κ3) is 3.81. The Kier molecular flexibility index (Phi) is 5.20. The van der Waals surface area contributed by atoms with Gasteiger partial charge in [0.2, 0.25) is 0 Å². The SMILES string of the molecule is C#CCOc1cc(CO)cc(OCOC)c1. The van der Waals surface area contributed by atoms with E-state index in [0.29, 0.717) is 17.1 Å². The van der Waals surface area contributed by atoms with Gasteiger partial charge in [0, 0.05) is 13.2 Å². The lowest BCUT2D eigenvalue weighted by Crippen LogP contribution is -2.01. The molecule has 16 heavy (non-hydrogen) atoms. The molecule has 0 fully saturated rings. The van der Waals surface area contributed by atoms with Gasteiger partial charge in [-0.1, -0.05) is 5.92 Å². The molecule has 4 nitrogen and oxygen atoms in total. The van der Waals surface area contributed by atoms with E-state index >= 15 is 0 Å². The van der Waals surface area contributed by atoms with Crippen molar-refractivity contribution < 1.29 is 19.3 Å². The lowest BCUT2D eigenvalue weighted by molar-refractivity contribution is 0.0508. The average Bonchev–Trinajstić information content (AvgIpc) is 2.33. The van der Waals surface area contributed by atoms with Crippen LogP contribution in [0.1, 0.15) is 5.56 Å². The summed E-state index contributed by atoms with van der Waals surface area (Å²) in [6, 6.07) is 5.11. The van der Waals surface area contributed by atoms with E-state index in [-0.39, 0.29) is 20.0 Å². The van der Waals surface area contributed by atoms with Crippen LogP contribution in [-0.4, -0.2) is 25.6 Å². The average molecular weight is 222 g/mol. The van der Waals surface area contributed by atoms with Gasteiger partial charge in [0.25, 0.3) is 0 Å². The molecule has 4 heteroatoms. The van der Waals surface area contributed by atoms with Crippen molar-refractivity contribution in [3.8, 4) is 23.8 Å². The Balaban J connectivity index is 2.79. The minimum absolute atomic E-state index is 0.0867. The van der Waals surface area contributed by atoms with E-state index in [1.54, 1.807) is 18.2 Å². The number of rotatable bonds is 6. The van der Waals surface area contributed by atoms with Gasteiger partial charge in [-0.3, -0.25) is 0 Å². The molecule has 86 valence electrons. The van der Waals surface area contributed by atoms with Gasteiger partial charge in [-0.05, 0) is 17.7 Å². The second-order valence-corrected chi connectivity index (χ2v) is 3.01. The number of terminal acetylenes is 1. The minimum Gasteiger partial charge on any atom is -0.481 e. The number of hydrogen-bond acceptors (Lipinski definition) is 4. The fourth-order valence-corrected chi connectivity index (χ4v) is 1.14. The Hall–Kier alpha value is -1.70. The first-order valence-corrected chi connectivity index (χ1v) is 4.73. The summed E-state index contributed by atoms with van der Waals surface area (Å²) < 4.78 is 15.3. The maximum atomic E-state index is 9.05. The molecule has 0 aliphatic carbocycles. The maximum absolute atomic E-state index is 9.05. The molecular formula is C12H14O4. The number of benzene rings is 1. The normalized spacial score (nSPS) is 9.56. The molecule has 1 aromatic rings. The molecule has 0 aliphatic heterocycles. The van der Waals surface area contributed by atoms with Gasteiger partial charge >= 0.3 is 0 Å². The highest BCUT2D eigenvalue weighted by atomic mass is 16.7. The summed E-state index contributed by atoms with van der Waals surface area (Å²) in [5.74, 6) is 3.50. The fraction of sp³-hybridized carbons (Fsp3) is 0.333. The van der Waals surface area contributed by atoms with Crippen molar-refractivity contribution >= 4 is 0 Å². The predicted octanol–water partition coefficient (Wildman–Crippen LogP) is 1.17. The van der Waals surface area contributed by atoms with Crippen LogP contribution < -0.4 is 9.47 Å². The minimum atomic E-state index is -0.0867. The molecule has 0 bridgehead atoms. The van der Waals surface area contributed by atoms with Crippen LogP contribution in [0.15, 0.2) is 18.2 Å². The van der Waals surface area contributed by atoms with Crippen molar-refractivity contribution in [2.45, 2.75) is 6.61 Å². The van der Waals surface area contributed by atoms with Crippen molar-refractivity contribution in [2.24, 2.45) is 0 Å². The Labute approximate surface area is 94.8 Å². The first-order valence-electron chi connectivity index (χ1n) is 4.73. The summed E-state index contributed by atoms with van der Waals surface area (Å²) in [7, 11) is 1.53. The number of methoxy groups -OCH3 is 1. The van der Waals surface area contributed by atoms with Crippen LogP contribution >= 0.6 is 0 Å². The van der Waals surface area contributed by atoms with Gasteiger partial charge in [0.15, 0.2) is 6.79 Å². The largest absolute Gasteiger partial charge is 0.481 e. The lowest BCUT2D eigenvalue weighted by atomic mass is 10.2.